The molecule has 34 heavy (non-hydrogen) atoms. The van der Waals surface area contributed by atoms with Crippen LogP contribution in [-0.4, -0.2) is 33.3 Å². The first-order chi connectivity index (χ1) is 16.4. The van der Waals surface area contributed by atoms with Gasteiger partial charge in [0.25, 0.3) is 5.56 Å². The second kappa shape index (κ2) is 8.70. The molecule has 1 N–H and O–H groups in total. The number of carbonyl (C=O) groups excluding carboxylic acids is 1. The van der Waals surface area contributed by atoms with Gasteiger partial charge < -0.3 is 19.4 Å². The first kappa shape index (κ1) is 21.8. The third kappa shape index (κ3) is 3.91. The van der Waals surface area contributed by atoms with Crippen LogP contribution < -0.4 is 20.3 Å². The Hall–Kier alpha value is -4.07. The lowest BCUT2D eigenvalue weighted by Gasteiger charge is -2.19. The van der Waals surface area contributed by atoms with Gasteiger partial charge in [-0.15, -0.1) is 0 Å². The zero-order chi connectivity index (χ0) is 23.8. The van der Waals surface area contributed by atoms with E-state index in [0.717, 1.165) is 22.5 Å². The highest BCUT2D eigenvalue weighted by Gasteiger charge is 2.18. The van der Waals surface area contributed by atoms with E-state index in [9.17, 15) is 9.59 Å². The number of aromatic nitrogens is 3. The number of hydrogen-bond acceptors (Lipinski definition) is 5. The van der Waals surface area contributed by atoms with Crippen LogP contribution in [0.25, 0.3) is 16.9 Å². The second-order valence-corrected chi connectivity index (χ2v) is 8.45. The van der Waals surface area contributed by atoms with Crippen LogP contribution in [0.2, 0.25) is 0 Å². The van der Waals surface area contributed by atoms with Gasteiger partial charge in [0.05, 0.1) is 5.69 Å². The largest absolute Gasteiger partial charge is 0.486 e. The number of nitrogens with zero attached hydrogens (tertiary/aromatic N) is 3. The summed E-state index contributed by atoms with van der Waals surface area (Å²) in [4.78, 5) is 25.9. The molecule has 1 aliphatic heterocycles. The fourth-order valence-corrected chi connectivity index (χ4v) is 4.28. The summed E-state index contributed by atoms with van der Waals surface area (Å²) in [5.41, 5.74) is 5.37. The molecule has 0 spiro atoms. The summed E-state index contributed by atoms with van der Waals surface area (Å²) in [5.74, 6) is 1.10. The number of anilines is 1. The lowest BCUT2D eigenvalue weighted by Crippen LogP contribution is -2.26. The van der Waals surface area contributed by atoms with E-state index < -0.39 is 0 Å². The van der Waals surface area contributed by atoms with Crippen LogP contribution >= 0.6 is 0 Å². The van der Waals surface area contributed by atoms with Crippen LogP contribution in [0.4, 0.5) is 5.69 Å². The highest BCUT2D eigenvalue weighted by Crippen LogP contribution is 2.32. The van der Waals surface area contributed by atoms with Crippen LogP contribution in [0, 0.1) is 13.8 Å². The molecule has 0 aliphatic carbocycles. The van der Waals surface area contributed by atoms with Crippen molar-refractivity contribution in [1.29, 1.82) is 0 Å². The highest BCUT2D eigenvalue weighted by molar-refractivity contribution is 5.91. The average Bonchev–Trinajstić information content (AvgIpc) is 3.28. The first-order valence-corrected chi connectivity index (χ1v) is 11.3. The molecular formula is C26H26N4O4. The Kier molecular flexibility index (Phi) is 5.57. The molecule has 8 heteroatoms. The SMILES string of the molecule is Cc1ccccc1-c1cc2n(C)c(C)c(CCC(=O)Nc3ccc4c(c3)OCCO4)c(=O)n2n1. The highest BCUT2D eigenvalue weighted by atomic mass is 16.6. The monoisotopic (exact) mass is 458 g/mol. The van der Waals surface area contributed by atoms with Crippen molar-refractivity contribution in [3.8, 4) is 22.8 Å². The maximum Gasteiger partial charge on any atom is 0.277 e. The molecule has 0 unspecified atom stereocenters. The van der Waals surface area contributed by atoms with E-state index in [0.29, 0.717) is 48.0 Å². The molecule has 1 aliphatic rings. The molecule has 2 aromatic heterocycles. The minimum absolute atomic E-state index is 0.169. The van der Waals surface area contributed by atoms with Gasteiger partial charge in [-0.3, -0.25) is 9.59 Å². The van der Waals surface area contributed by atoms with E-state index >= 15 is 0 Å². The fourth-order valence-electron chi connectivity index (χ4n) is 4.28. The average molecular weight is 459 g/mol. The molecule has 0 saturated heterocycles. The summed E-state index contributed by atoms with van der Waals surface area (Å²) < 4.78 is 14.5. The van der Waals surface area contributed by atoms with Crippen LogP contribution in [0.1, 0.15) is 23.2 Å². The lowest BCUT2D eigenvalue weighted by atomic mass is 10.1. The Morgan fingerprint density at radius 3 is 2.62 bits per heavy atom. The zero-order valence-electron chi connectivity index (χ0n) is 19.4. The van der Waals surface area contributed by atoms with E-state index in [1.807, 2.05) is 55.8 Å². The maximum absolute atomic E-state index is 13.3. The Morgan fingerprint density at radius 1 is 1.06 bits per heavy atom. The van der Waals surface area contributed by atoms with Crippen LogP contribution in [-0.2, 0) is 18.3 Å². The second-order valence-electron chi connectivity index (χ2n) is 8.45. The molecule has 5 rings (SSSR count). The van der Waals surface area contributed by atoms with Crippen molar-refractivity contribution in [2.75, 3.05) is 18.5 Å². The first-order valence-electron chi connectivity index (χ1n) is 11.3. The predicted octanol–water partition coefficient (Wildman–Crippen LogP) is 3.66. The third-order valence-corrected chi connectivity index (χ3v) is 6.27. The van der Waals surface area contributed by atoms with Crippen molar-refractivity contribution in [2.45, 2.75) is 26.7 Å². The Morgan fingerprint density at radius 2 is 1.82 bits per heavy atom. The molecule has 4 aromatic rings. The van der Waals surface area contributed by atoms with E-state index in [-0.39, 0.29) is 17.9 Å². The summed E-state index contributed by atoms with van der Waals surface area (Å²) in [6.45, 7) is 4.92. The maximum atomic E-state index is 13.3. The van der Waals surface area contributed by atoms with Crippen molar-refractivity contribution >= 4 is 17.2 Å². The molecule has 0 bridgehead atoms. The summed E-state index contributed by atoms with van der Waals surface area (Å²) in [5, 5.41) is 7.48. The molecule has 0 fully saturated rings. The Bertz CT molecular complexity index is 1470. The number of hydrogen-bond donors (Lipinski definition) is 1. The topological polar surface area (TPSA) is 86.9 Å². The van der Waals surface area contributed by atoms with Crippen molar-refractivity contribution in [3.05, 3.63) is 75.7 Å². The molecule has 1 amide bonds. The number of aryl methyl sites for hydroxylation is 2. The molecule has 3 heterocycles. The summed E-state index contributed by atoms with van der Waals surface area (Å²) in [7, 11) is 1.91. The van der Waals surface area contributed by atoms with Gasteiger partial charge in [0.2, 0.25) is 5.91 Å². The molecule has 174 valence electrons. The van der Waals surface area contributed by atoms with Crippen molar-refractivity contribution in [2.24, 2.45) is 7.05 Å². The van der Waals surface area contributed by atoms with E-state index in [1.54, 1.807) is 18.2 Å². The number of benzene rings is 2. The standard InChI is InChI=1S/C26H26N4O4/c1-16-6-4-5-7-19(16)21-15-25-29(3)17(2)20(26(32)30(25)28-21)9-11-24(31)27-18-8-10-22-23(14-18)34-13-12-33-22/h4-8,10,14-15H,9,11-13H2,1-3H3,(H,27,31). The van der Waals surface area contributed by atoms with Crippen LogP contribution in [0.5, 0.6) is 11.5 Å². The van der Waals surface area contributed by atoms with E-state index in [2.05, 4.69) is 10.4 Å². The number of amides is 1. The molecule has 0 atom stereocenters. The van der Waals surface area contributed by atoms with Gasteiger partial charge >= 0.3 is 0 Å². The zero-order valence-corrected chi connectivity index (χ0v) is 19.4. The fraction of sp³-hybridized carbons (Fsp3) is 0.269. The summed E-state index contributed by atoms with van der Waals surface area (Å²) >= 11 is 0. The van der Waals surface area contributed by atoms with E-state index in [1.165, 1.54) is 4.52 Å². The molecule has 2 aromatic carbocycles. The number of carbonyl (C=O) groups is 1. The normalized spacial score (nSPS) is 12.7. The number of ether oxygens (including phenoxy) is 2. The summed E-state index contributed by atoms with van der Waals surface area (Å²) in [6, 6.07) is 15.2. The summed E-state index contributed by atoms with van der Waals surface area (Å²) in [6.07, 6.45) is 0.479. The predicted molar refractivity (Wildman–Crippen MR) is 130 cm³/mol. The molecule has 0 saturated carbocycles. The number of fused-ring (bicyclic) bond motifs is 2. The Balaban J connectivity index is 1.38. The van der Waals surface area contributed by atoms with Crippen molar-refractivity contribution < 1.29 is 14.3 Å². The quantitative estimate of drug-likeness (QED) is 0.493. The lowest BCUT2D eigenvalue weighted by molar-refractivity contribution is -0.116. The minimum Gasteiger partial charge on any atom is -0.486 e. The van der Waals surface area contributed by atoms with Gasteiger partial charge in [-0.05, 0) is 38.0 Å². The molecular weight excluding hydrogens is 432 g/mol. The number of rotatable bonds is 5. The van der Waals surface area contributed by atoms with Crippen LogP contribution in [0.15, 0.2) is 53.3 Å². The van der Waals surface area contributed by atoms with Gasteiger partial charge in [-0.2, -0.15) is 9.61 Å². The van der Waals surface area contributed by atoms with Crippen molar-refractivity contribution in [3.63, 3.8) is 0 Å². The van der Waals surface area contributed by atoms with Gasteiger partial charge in [0.15, 0.2) is 11.5 Å². The number of nitrogens with one attached hydrogen (secondary N) is 1. The molecule has 8 nitrogen and oxygen atoms in total. The molecule has 0 radical (unpaired) electrons. The van der Waals surface area contributed by atoms with Gasteiger partial charge in [0, 0.05) is 48.1 Å². The van der Waals surface area contributed by atoms with Gasteiger partial charge in [-0.1, -0.05) is 24.3 Å². The Labute approximate surface area is 196 Å². The minimum atomic E-state index is -0.197. The van der Waals surface area contributed by atoms with E-state index in [4.69, 9.17) is 9.47 Å². The van der Waals surface area contributed by atoms with Gasteiger partial charge in [-0.25, -0.2) is 0 Å². The van der Waals surface area contributed by atoms with Crippen molar-refractivity contribution in [1.82, 2.24) is 14.2 Å². The third-order valence-electron chi connectivity index (χ3n) is 6.27. The smallest absolute Gasteiger partial charge is 0.277 e. The van der Waals surface area contributed by atoms with Gasteiger partial charge in [0.1, 0.15) is 18.9 Å². The van der Waals surface area contributed by atoms with Crippen LogP contribution in [0.3, 0.4) is 0 Å².